The molecule has 0 atom stereocenters. The number of halogens is 1. The minimum Gasteiger partial charge on any atom is -0.461 e. The van der Waals surface area contributed by atoms with E-state index in [2.05, 4.69) is 31.4 Å². The fraction of sp³-hybridized carbons (Fsp3) is 0. The maximum absolute atomic E-state index is 12.6. The molecule has 0 unspecified atom stereocenters. The zero-order valence-corrected chi connectivity index (χ0v) is 14.9. The first kappa shape index (κ1) is 16.3. The highest BCUT2D eigenvalue weighted by Crippen LogP contribution is 2.29. The molecule has 7 heteroatoms. The largest absolute Gasteiger partial charge is 0.461 e. The maximum Gasteiger partial charge on any atom is 0.260 e. The van der Waals surface area contributed by atoms with Crippen LogP contribution in [0.2, 0.25) is 0 Å². The lowest BCUT2D eigenvalue weighted by Crippen LogP contribution is -2.13. The van der Waals surface area contributed by atoms with Crippen molar-refractivity contribution in [1.29, 1.82) is 0 Å². The zero-order chi connectivity index (χ0) is 17.9. The lowest BCUT2D eigenvalue weighted by atomic mass is 10.1. The summed E-state index contributed by atoms with van der Waals surface area (Å²) >= 11 is 3.39. The third-order valence-corrected chi connectivity index (χ3v) is 4.38. The SMILES string of the molecule is O=C(Nc1ccccc1-c1nc(-c2ccco2)no1)c1ccccc1Br. The summed E-state index contributed by atoms with van der Waals surface area (Å²) < 4.78 is 11.3. The smallest absolute Gasteiger partial charge is 0.260 e. The highest BCUT2D eigenvalue weighted by molar-refractivity contribution is 9.10. The summed E-state index contributed by atoms with van der Waals surface area (Å²) in [4.78, 5) is 16.9. The van der Waals surface area contributed by atoms with Crippen molar-refractivity contribution < 1.29 is 13.7 Å². The molecule has 1 N–H and O–H groups in total. The summed E-state index contributed by atoms with van der Waals surface area (Å²) in [5.74, 6) is 0.904. The number of rotatable bonds is 4. The highest BCUT2D eigenvalue weighted by Gasteiger charge is 2.17. The van der Waals surface area contributed by atoms with Crippen LogP contribution < -0.4 is 5.32 Å². The van der Waals surface area contributed by atoms with Gasteiger partial charge in [-0.2, -0.15) is 4.98 Å². The summed E-state index contributed by atoms with van der Waals surface area (Å²) in [5, 5.41) is 6.82. The molecule has 2 heterocycles. The molecule has 4 aromatic rings. The van der Waals surface area contributed by atoms with E-state index in [4.69, 9.17) is 8.94 Å². The number of carbonyl (C=O) groups excluding carboxylic acids is 1. The minimum absolute atomic E-state index is 0.240. The quantitative estimate of drug-likeness (QED) is 0.512. The Labute approximate surface area is 157 Å². The van der Waals surface area contributed by atoms with E-state index < -0.39 is 0 Å². The summed E-state index contributed by atoms with van der Waals surface area (Å²) in [6, 6.07) is 17.9. The Hall–Kier alpha value is -3.19. The molecule has 1 amide bonds. The van der Waals surface area contributed by atoms with E-state index in [0.29, 0.717) is 38.8 Å². The molecule has 0 aliphatic carbocycles. The fourth-order valence-electron chi connectivity index (χ4n) is 2.45. The Morgan fingerprint density at radius 2 is 1.81 bits per heavy atom. The lowest BCUT2D eigenvalue weighted by Gasteiger charge is -2.09. The molecule has 6 nitrogen and oxygen atoms in total. The molecule has 2 aromatic heterocycles. The average molecular weight is 410 g/mol. The van der Waals surface area contributed by atoms with Gasteiger partial charge in [0, 0.05) is 4.47 Å². The first-order valence-electron chi connectivity index (χ1n) is 7.75. The first-order valence-corrected chi connectivity index (χ1v) is 8.54. The topological polar surface area (TPSA) is 81.2 Å². The van der Waals surface area contributed by atoms with Gasteiger partial charge in [-0.1, -0.05) is 29.4 Å². The molecule has 0 radical (unpaired) electrons. The van der Waals surface area contributed by atoms with Crippen LogP contribution in [0.1, 0.15) is 10.4 Å². The van der Waals surface area contributed by atoms with Crippen LogP contribution in [-0.2, 0) is 0 Å². The normalized spacial score (nSPS) is 10.7. The summed E-state index contributed by atoms with van der Waals surface area (Å²) in [5.41, 5.74) is 1.73. The number of amides is 1. The molecule has 26 heavy (non-hydrogen) atoms. The van der Waals surface area contributed by atoms with Crippen LogP contribution in [0.4, 0.5) is 5.69 Å². The van der Waals surface area contributed by atoms with E-state index in [-0.39, 0.29) is 5.91 Å². The van der Waals surface area contributed by atoms with Crippen LogP contribution in [-0.4, -0.2) is 16.0 Å². The molecule has 2 aromatic carbocycles. The Bertz CT molecular complexity index is 1060. The fourth-order valence-corrected chi connectivity index (χ4v) is 2.92. The number of para-hydroxylation sites is 1. The van der Waals surface area contributed by atoms with Gasteiger partial charge < -0.3 is 14.3 Å². The van der Waals surface area contributed by atoms with Crippen molar-refractivity contribution in [2.24, 2.45) is 0 Å². The number of hydrogen-bond donors (Lipinski definition) is 1. The van der Waals surface area contributed by atoms with E-state index in [9.17, 15) is 4.79 Å². The van der Waals surface area contributed by atoms with Crippen LogP contribution in [0, 0.1) is 0 Å². The second-order valence-electron chi connectivity index (χ2n) is 5.38. The van der Waals surface area contributed by atoms with Gasteiger partial charge in [0.2, 0.25) is 5.82 Å². The molecular weight excluding hydrogens is 398 g/mol. The van der Waals surface area contributed by atoms with Gasteiger partial charge in [-0.05, 0) is 52.3 Å². The Balaban J connectivity index is 1.65. The van der Waals surface area contributed by atoms with Crippen molar-refractivity contribution in [2.45, 2.75) is 0 Å². The van der Waals surface area contributed by atoms with Crippen molar-refractivity contribution in [3.8, 4) is 23.0 Å². The van der Waals surface area contributed by atoms with Crippen molar-refractivity contribution in [3.05, 3.63) is 77.0 Å². The Morgan fingerprint density at radius 1 is 1.00 bits per heavy atom. The molecule has 4 rings (SSSR count). The highest BCUT2D eigenvalue weighted by atomic mass is 79.9. The Morgan fingerprint density at radius 3 is 2.62 bits per heavy atom. The molecule has 0 bridgehead atoms. The van der Waals surface area contributed by atoms with Gasteiger partial charge in [-0.25, -0.2) is 0 Å². The van der Waals surface area contributed by atoms with Crippen molar-refractivity contribution >= 4 is 27.5 Å². The van der Waals surface area contributed by atoms with E-state index in [1.165, 1.54) is 6.26 Å². The lowest BCUT2D eigenvalue weighted by molar-refractivity contribution is 0.102. The van der Waals surface area contributed by atoms with Gasteiger partial charge in [0.05, 0.1) is 23.1 Å². The van der Waals surface area contributed by atoms with Gasteiger partial charge in [-0.15, -0.1) is 0 Å². The number of hydrogen-bond acceptors (Lipinski definition) is 5. The average Bonchev–Trinajstić information content (AvgIpc) is 3.34. The summed E-state index contributed by atoms with van der Waals surface area (Å²) in [6.45, 7) is 0. The number of anilines is 1. The van der Waals surface area contributed by atoms with Crippen LogP contribution >= 0.6 is 15.9 Å². The van der Waals surface area contributed by atoms with E-state index in [1.807, 2.05) is 24.3 Å². The second-order valence-corrected chi connectivity index (χ2v) is 6.23. The van der Waals surface area contributed by atoms with Crippen LogP contribution in [0.3, 0.4) is 0 Å². The van der Waals surface area contributed by atoms with E-state index in [0.717, 1.165) is 0 Å². The third kappa shape index (κ3) is 3.16. The molecular formula is C19H12BrN3O3. The molecule has 0 saturated carbocycles. The molecule has 0 saturated heterocycles. The van der Waals surface area contributed by atoms with E-state index in [1.54, 1.807) is 36.4 Å². The summed E-state index contributed by atoms with van der Waals surface area (Å²) in [7, 11) is 0. The van der Waals surface area contributed by atoms with E-state index >= 15 is 0 Å². The Kier molecular flexibility index (Phi) is 4.37. The van der Waals surface area contributed by atoms with Crippen LogP contribution in [0.5, 0.6) is 0 Å². The van der Waals surface area contributed by atoms with Gasteiger partial charge in [0.15, 0.2) is 5.76 Å². The first-order chi connectivity index (χ1) is 12.7. The predicted molar refractivity (Wildman–Crippen MR) is 99.5 cm³/mol. The summed E-state index contributed by atoms with van der Waals surface area (Å²) in [6.07, 6.45) is 1.54. The number of carbonyl (C=O) groups is 1. The number of aromatic nitrogens is 2. The molecule has 0 spiro atoms. The van der Waals surface area contributed by atoms with Gasteiger partial charge in [0.25, 0.3) is 11.8 Å². The zero-order valence-electron chi connectivity index (χ0n) is 13.3. The number of benzene rings is 2. The number of furan rings is 1. The van der Waals surface area contributed by atoms with Gasteiger partial charge in [0.1, 0.15) is 0 Å². The molecule has 128 valence electrons. The standard InChI is InChI=1S/C19H12BrN3O3/c20-14-8-3-1-6-12(14)18(24)21-15-9-4-2-7-13(15)19-22-17(23-26-19)16-10-5-11-25-16/h1-11H,(H,21,24). The molecule has 0 fully saturated rings. The van der Waals surface area contributed by atoms with Crippen molar-refractivity contribution in [2.75, 3.05) is 5.32 Å². The minimum atomic E-state index is -0.240. The second kappa shape index (κ2) is 6.97. The van der Waals surface area contributed by atoms with Crippen LogP contribution in [0.15, 0.2) is 80.3 Å². The number of nitrogens with zero attached hydrogens (tertiary/aromatic N) is 2. The van der Waals surface area contributed by atoms with Gasteiger partial charge in [-0.3, -0.25) is 4.79 Å². The molecule has 0 aliphatic heterocycles. The third-order valence-electron chi connectivity index (χ3n) is 3.69. The van der Waals surface area contributed by atoms with Crippen LogP contribution in [0.25, 0.3) is 23.0 Å². The maximum atomic E-state index is 12.6. The van der Waals surface area contributed by atoms with Crippen molar-refractivity contribution in [1.82, 2.24) is 10.1 Å². The predicted octanol–water partition coefficient (Wildman–Crippen LogP) is 5.01. The van der Waals surface area contributed by atoms with Crippen molar-refractivity contribution in [3.63, 3.8) is 0 Å². The monoisotopic (exact) mass is 409 g/mol. The molecule has 0 aliphatic rings. The van der Waals surface area contributed by atoms with Gasteiger partial charge >= 0.3 is 0 Å². The number of nitrogens with one attached hydrogen (secondary N) is 1.